The second-order valence-corrected chi connectivity index (χ2v) is 6.91. The summed E-state index contributed by atoms with van der Waals surface area (Å²) < 4.78 is 10.4. The molecule has 0 fully saturated rings. The normalized spacial score (nSPS) is 10.6. The first-order chi connectivity index (χ1) is 15.1. The smallest absolute Gasteiger partial charge is 0.257 e. The Morgan fingerprint density at radius 1 is 1.00 bits per heavy atom. The molecule has 2 aromatic carbocycles. The highest BCUT2D eigenvalue weighted by Gasteiger charge is 2.15. The van der Waals surface area contributed by atoms with Gasteiger partial charge in [-0.1, -0.05) is 29.4 Å². The number of carbonyl (C=O) groups excluding carboxylic acids is 2. The topological polar surface area (TPSA) is 110 Å². The Bertz CT molecular complexity index is 1200. The molecule has 8 heteroatoms. The van der Waals surface area contributed by atoms with E-state index in [0.29, 0.717) is 34.4 Å². The van der Waals surface area contributed by atoms with Gasteiger partial charge in [0, 0.05) is 18.5 Å². The van der Waals surface area contributed by atoms with Gasteiger partial charge in [0.1, 0.15) is 0 Å². The molecule has 0 atom stereocenters. The van der Waals surface area contributed by atoms with E-state index in [-0.39, 0.29) is 24.7 Å². The maximum Gasteiger partial charge on any atom is 0.257 e. The molecule has 0 radical (unpaired) electrons. The first kappa shape index (κ1) is 20.1. The van der Waals surface area contributed by atoms with Crippen LogP contribution in [0.5, 0.6) is 0 Å². The van der Waals surface area contributed by atoms with Gasteiger partial charge in [-0.25, -0.2) is 0 Å². The molecular weight excluding hydrogens is 396 g/mol. The lowest BCUT2D eigenvalue weighted by Gasteiger charge is -2.11. The second-order valence-electron chi connectivity index (χ2n) is 6.91. The van der Waals surface area contributed by atoms with E-state index in [1.54, 1.807) is 36.4 Å². The van der Waals surface area contributed by atoms with Crippen LogP contribution in [0.25, 0.3) is 11.6 Å². The zero-order valence-corrected chi connectivity index (χ0v) is 16.8. The molecule has 0 saturated heterocycles. The van der Waals surface area contributed by atoms with Crippen LogP contribution in [0.3, 0.4) is 0 Å². The van der Waals surface area contributed by atoms with Crippen LogP contribution in [0.4, 0.5) is 11.4 Å². The largest absolute Gasteiger partial charge is 0.461 e. The molecule has 0 saturated carbocycles. The Balaban J connectivity index is 1.38. The van der Waals surface area contributed by atoms with Crippen molar-refractivity contribution in [1.29, 1.82) is 0 Å². The number of furan rings is 1. The average molecular weight is 416 g/mol. The van der Waals surface area contributed by atoms with Gasteiger partial charge in [0.05, 0.1) is 17.5 Å². The minimum absolute atomic E-state index is 0.119. The van der Waals surface area contributed by atoms with Gasteiger partial charge in [-0.3, -0.25) is 9.59 Å². The van der Waals surface area contributed by atoms with Crippen LogP contribution in [0.15, 0.2) is 75.9 Å². The van der Waals surface area contributed by atoms with Crippen molar-refractivity contribution in [3.05, 3.63) is 83.9 Å². The third-order valence-electron chi connectivity index (χ3n) is 4.50. The summed E-state index contributed by atoms with van der Waals surface area (Å²) >= 11 is 0. The standard InChI is InChI=1S/C23H20N4O4/c1-15-6-4-7-16(14-15)24-23(29)17-8-2-3-9-18(17)25-20(28)11-12-21-26-22(27-31-21)19-10-5-13-30-19/h2-10,13-14H,11-12H2,1H3,(H,24,29)(H,25,28). The van der Waals surface area contributed by atoms with Crippen molar-refractivity contribution >= 4 is 23.2 Å². The van der Waals surface area contributed by atoms with Crippen molar-refractivity contribution in [2.45, 2.75) is 19.8 Å². The number of carbonyl (C=O) groups is 2. The summed E-state index contributed by atoms with van der Waals surface area (Å²) in [6.45, 7) is 1.95. The minimum Gasteiger partial charge on any atom is -0.461 e. The summed E-state index contributed by atoms with van der Waals surface area (Å²) in [6, 6.07) is 17.8. The zero-order valence-electron chi connectivity index (χ0n) is 16.8. The van der Waals surface area contributed by atoms with Gasteiger partial charge in [-0.15, -0.1) is 0 Å². The number of aromatic nitrogens is 2. The van der Waals surface area contributed by atoms with E-state index in [9.17, 15) is 9.59 Å². The fourth-order valence-corrected chi connectivity index (χ4v) is 3.01. The van der Waals surface area contributed by atoms with Gasteiger partial charge in [0.15, 0.2) is 5.76 Å². The number of aryl methyl sites for hydroxylation is 2. The van der Waals surface area contributed by atoms with Crippen molar-refractivity contribution in [3.63, 3.8) is 0 Å². The first-order valence-corrected chi connectivity index (χ1v) is 9.72. The summed E-state index contributed by atoms with van der Waals surface area (Å²) in [4.78, 5) is 29.4. The van der Waals surface area contributed by atoms with Gasteiger partial charge in [0.2, 0.25) is 17.6 Å². The maximum atomic E-state index is 12.7. The molecule has 0 aliphatic heterocycles. The fraction of sp³-hybridized carbons (Fsp3) is 0.130. The van der Waals surface area contributed by atoms with Gasteiger partial charge in [-0.05, 0) is 48.9 Å². The average Bonchev–Trinajstić information content (AvgIpc) is 3.44. The predicted octanol–water partition coefficient (Wildman–Crippen LogP) is 4.46. The zero-order chi connectivity index (χ0) is 21.6. The Kier molecular flexibility index (Phi) is 5.89. The summed E-state index contributed by atoms with van der Waals surface area (Å²) in [6.07, 6.45) is 1.90. The molecule has 2 amide bonds. The van der Waals surface area contributed by atoms with Crippen molar-refractivity contribution in [2.24, 2.45) is 0 Å². The summed E-state index contributed by atoms with van der Waals surface area (Å²) in [5.74, 6) is 0.577. The van der Waals surface area contributed by atoms with Gasteiger partial charge >= 0.3 is 0 Å². The molecule has 31 heavy (non-hydrogen) atoms. The molecule has 0 unspecified atom stereocenters. The van der Waals surface area contributed by atoms with Crippen LogP contribution in [0, 0.1) is 6.92 Å². The monoisotopic (exact) mass is 416 g/mol. The molecule has 2 N–H and O–H groups in total. The van der Waals surface area contributed by atoms with E-state index >= 15 is 0 Å². The van der Waals surface area contributed by atoms with Crippen LogP contribution in [0.1, 0.15) is 28.2 Å². The SMILES string of the molecule is Cc1cccc(NC(=O)c2ccccc2NC(=O)CCc2nc(-c3ccco3)no2)c1. The highest BCUT2D eigenvalue weighted by Crippen LogP contribution is 2.19. The first-order valence-electron chi connectivity index (χ1n) is 9.72. The Morgan fingerprint density at radius 3 is 2.68 bits per heavy atom. The summed E-state index contributed by atoms with van der Waals surface area (Å²) in [5.41, 5.74) is 2.53. The molecule has 4 aromatic rings. The molecule has 0 bridgehead atoms. The van der Waals surface area contributed by atoms with Crippen molar-refractivity contribution in [2.75, 3.05) is 10.6 Å². The number of amides is 2. The van der Waals surface area contributed by atoms with E-state index in [2.05, 4.69) is 20.8 Å². The number of para-hydroxylation sites is 1. The molecule has 0 aliphatic rings. The molecule has 0 aliphatic carbocycles. The fourth-order valence-electron chi connectivity index (χ4n) is 3.01. The molecule has 2 heterocycles. The molecule has 0 spiro atoms. The number of nitrogens with one attached hydrogen (secondary N) is 2. The Labute approximate surface area is 178 Å². The molecule has 4 rings (SSSR count). The number of hydrogen-bond acceptors (Lipinski definition) is 6. The van der Waals surface area contributed by atoms with Crippen LogP contribution in [-0.2, 0) is 11.2 Å². The highest BCUT2D eigenvalue weighted by atomic mass is 16.5. The van der Waals surface area contributed by atoms with Crippen molar-refractivity contribution in [1.82, 2.24) is 10.1 Å². The molecule has 2 aromatic heterocycles. The van der Waals surface area contributed by atoms with Gasteiger partial charge < -0.3 is 19.6 Å². The quantitative estimate of drug-likeness (QED) is 0.460. The molecule has 8 nitrogen and oxygen atoms in total. The van der Waals surface area contributed by atoms with Crippen LogP contribution in [-0.4, -0.2) is 22.0 Å². The predicted molar refractivity (Wildman–Crippen MR) is 115 cm³/mol. The van der Waals surface area contributed by atoms with Crippen molar-refractivity contribution in [3.8, 4) is 11.6 Å². The highest BCUT2D eigenvalue weighted by molar-refractivity contribution is 6.10. The van der Waals surface area contributed by atoms with E-state index in [4.69, 9.17) is 8.94 Å². The Hall–Kier alpha value is -4.20. The lowest BCUT2D eigenvalue weighted by Crippen LogP contribution is -2.18. The summed E-state index contributed by atoms with van der Waals surface area (Å²) in [5, 5.41) is 9.48. The number of rotatable bonds is 7. The minimum atomic E-state index is -0.304. The van der Waals surface area contributed by atoms with Crippen molar-refractivity contribution < 1.29 is 18.5 Å². The van der Waals surface area contributed by atoms with Crippen LogP contribution >= 0.6 is 0 Å². The second kappa shape index (κ2) is 9.08. The number of benzene rings is 2. The number of anilines is 2. The third kappa shape index (κ3) is 5.05. The summed E-state index contributed by atoms with van der Waals surface area (Å²) in [7, 11) is 0. The van der Waals surface area contributed by atoms with Gasteiger partial charge in [0.25, 0.3) is 5.91 Å². The number of hydrogen-bond donors (Lipinski definition) is 2. The van der Waals surface area contributed by atoms with E-state index < -0.39 is 0 Å². The van der Waals surface area contributed by atoms with E-state index in [1.165, 1.54) is 6.26 Å². The Morgan fingerprint density at radius 2 is 1.87 bits per heavy atom. The van der Waals surface area contributed by atoms with Gasteiger partial charge in [-0.2, -0.15) is 4.98 Å². The maximum absolute atomic E-state index is 12.7. The van der Waals surface area contributed by atoms with Crippen LogP contribution < -0.4 is 10.6 Å². The van der Waals surface area contributed by atoms with E-state index in [1.807, 2.05) is 31.2 Å². The van der Waals surface area contributed by atoms with Crippen LogP contribution in [0.2, 0.25) is 0 Å². The molecule has 156 valence electrons. The molecular formula is C23H20N4O4. The lowest BCUT2D eigenvalue weighted by atomic mass is 10.1. The lowest BCUT2D eigenvalue weighted by molar-refractivity contribution is -0.116. The number of nitrogens with zero attached hydrogens (tertiary/aromatic N) is 2. The van der Waals surface area contributed by atoms with E-state index in [0.717, 1.165) is 5.56 Å². The third-order valence-corrected chi connectivity index (χ3v) is 4.50.